The van der Waals surface area contributed by atoms with Crippen molar-refractivity contribution in [1.29, 1.82) is 0 Å². The fourth-order valence-electron chi connectivity index (χ4n) is 2.74. The normalized spacial score (nSPS) is 10.7. The minimum absolute atomic E-state index is 0.0780. The van der Waals surface area contributed by atoms with E-state index >= 15 is 0 Å². The topological polar surface area (TPSA) is 64.8 Å². The van der Waals surface area contributed by atoms with Crippen LogP contribution in [0.3, 0.4) is 0 Å². The molecule has 0 saturated carbocycles. The fourth-order valence-corrected chi connectivity index (χ4v) is 3.79. The Hall–Kier alpha value is -2.80. The third-order valence-electron chi connectivity index (χ3n) is 4.16. The van der Waals surface area contributed by atoms with Gasteiger partial charge in [-0.2, -0.15) is 0 Å². The Morgan fingerprint density at radius 1 is 1.15 bits per heavy atom. The summed E-state index contributed by atoms with van der Waals surface area (Å²) in [7, 11) is 4.95. The predicted octanol–water partition coefficient (Wildman–Crippen LogP) is 4.31. The van der Waals surface area contributed by atoms with Gasteiger partial charge in [0.1, 0.15) is 21.4 Å². The molecular weight excluding hydrogens is 364 g/mol. The molecule has 1 amide bonds. The zero-order chi connectivity index (χ0) is 19.6. The molecule has 0 atom stereocenters. The number of aromatic nitrogens is 1. The summed E-state index contributed by atoms with van der Waals surface area (Å²) in [6.45, 7) is 4.14. The first-order valence-electron chi connectivity index (χ1n) is 8.43. The molecule has 0 radical (unpaired) electrons. The lowest BCUT2D eigenvalue weighted by Crippen LogP contribution is -2.25. The highest BCUT2D eigenvalue weighted by molar-refractivity contribution is 7.17. The third-order valence-corrected chi connectivity index (χ3v) is 5.35. The van der Waals surface area contributed by atoms with Crippen molar-refractivity contribution < 1.29 is 18.7 Å². The molecule has 0 aliphatic rings. The van der Waals surface area contributed by atoms with Gasteiger partial charge in [0.15, 0.2) is 11.5 Å². The number of carbonyl (C=O) groups is 1. The Morgan fingerprint density at radius 3 is 2.52 bits per heavy atom. The Kier molecular flexibility index (Phi) is 5.51. The van der Waals surface area contributed by atoms with E-state index in [2.05, 4.69) is 4.98 Å². The van der Waals surface area contributed by atoms with Gasteiger partial charge in [-0.05, 0) is 44.2 Å². The van der Waals surface area contributed by atoms with Crippen LogP contribution in [0.1, 0.15) is 26.9 Å². The van der Waals surface area contributed by atoms with E-state index in [1.165, 1.54) is 11.3 Å². The van der Waals surface area contributed by atoms with Gasteiger partial charge in [0.05, 0.1) is 26.5 Å². The highest BCUT2D eigenvalue weighted by atomic mass is 32.1. The molecule has 0 N–H and O–H groups in total. The van der Waals surface area contributed by atoms with E-state index in [9.17, 15) is 4.79 Å². The molecule has 6 nitrogen and oxygen atoms in total. The van der Waals surface area contributed by atoms with Crippen molar-refractivity contribution in [2.75, 3.05) is 21.3 Å². The number of ether oxygens (including phenoxy) is 2. The highest BCUT2D eigenvalue weighted by Crippen LogP contribution is 2.35. The first-order chi connectivity index (χ1) is 12.9. The van der Waals surface area contributed by atoms with Gasteiger partial charge >= 0.3 is 0 Å². The van der Waals surface area contributed by atoms with Gasteiger partial charge in [-0.3, -0.25) is 4.79 Å². The van der Waals surface area contributed by atoms with Gasteiger partial charge in [0, 0.05) is 12.6 Å². The predicted molar refractivity (Wildman–Crippen MR) is 105 cm³/mol. The van der Waals surface area contributed by atoms with Crippen LogP contribution in [0.15, 0.2) is 34.7 Å². The molecule has 0 unspecified atom stereocenters. The standard InChI is InChI=1S/C20H22N2O4S/c1-12-6-8-15(26-12)11-22(3)20(23)18-13(2)21-19(27-18)14-7-9-16(24-4)17(10-14)25-5/h6-10H,11H2,1-5H3. The van der Waals surface area contributed by atoms with Crippen LogP contribution in [0, 0.1) is 13.8 Å². The maximum absolute atomic E-state index is 12.9. The Morgan fingerprint density at radius 2 is 1.89 bits per heavy atom. The van der Waals surface area contributed by atoms with Crippen LogP contribution in [0.25, 0.3) is 10.6 Å². The zero-order valence-corrected chi connectivity index (χ0v) is 16.8. The molecule has 2 aromatic heterocycles. The number of benzene rings is 1. The molecule has 3 rings (SSSR count). The molecule has 2 heterocycles. The number of nitrogens with zero attached hydrogens (tertiary/aromatic N) is 2. The molecule has 0 aliphatic heterocycles. The van der Waals surface area contributed by atoms with Gasteiger partial charge in [-0.1, -0.05) is 0 Å². The molecule has 1 aromatic carbocycles. The van der Waals surface area contributed by atoms with E-state index < -0.39 is 0 Å². The number of thiazole rings is 1. The van der Waals surface area contributed by atoms with Crippen molar-refractivity contribution >= 4 is 17.2 Å². The third kappa shape index (κ3) is 3.98. The maximum atomic E-state index is 12.9. The van der Waals surface area contributed by atoms with Crippen molar-refractivity contribution in [3.63, 3.8) is 0 Å². The molecule has 3 aromatic rings. The number of hydrogen-bond acceptors (Lipinski definition) is 6. The molecular formula is C20H22N2O4S. The van der Waals surface area contributed by atoms with E-state index in [-0.39, 0.29) is 5.91 Å². The van der Waals surface area contributed by atoms with E-state index in [0.717, 1.165) is 22.1 Å². The second kappa shape index (κ2) is 7.84. The minimum atomic E-state index is -0.0780. The molecule has 0 saturated heterocycles. The first kappa shape index (κ1) is 19.0. The average Bonchev–Trinajstić information content (AvgIpc) is 3.25. The number of furan rings is 1. The summed E-state index contributed by atoms with van der Waals surface area (Å²) in [4.78, 5) is 19.7. The van der Waals surface area contributed by atoms with Crippen molar-refractivity contribution in [3.05, 3.63) is 52.4 Å². The van der Waals surface area contributed by atoms with Crippen LogP contribution in [0.5, 0.6) is 11.5 Å². The number of amides is 1. The molecule has 27 heavy (non-hydrogen) atoms. The molecule has 0 bridgehead atoms. The van der Waals surface area contributed by atoms with E-state index in [1.54, 1.807) is 26.2 Å². The maximum Gasteiger partial charge on any atom is 0.266 e. The molecule has 0 aliphatic carbocycles. The van der Waals surface area contributed by atoms with Crippen molar-refractivity contribution in [3.8, 4) is 22.1 Å². The number of carbonyl (C=O) groups excluding carboxylic acids is 1. The van der Waals surface area contributed by atoms with Gasteiger partial charge in [0.25, 0.3) is 5.91 Å². The first-order valence-corrected chi connectivity index (χ1v) is 9.25. The van der Waals surface area contributed by atoms with E-state index in [4.69, 9.17) is 13.9 Å². The van der Waals surface area contributed by atoms with Crippen LogP contribution in [-0.2, 0) is 6.54 Å². The number of methoxy groups -OCH3 is 2. The minimum Gasteiger partial charge on any atom is -0.493 e. The lowest BCUT2D eigenvalue weighted by atomic mass is 10.2. The van der Waals surface area contributed by atoms with Crippen LogP contribution in [0.2, 0.25) is 0 Å². The van der Waals surface area contributed by atoms with E-state index in [0.29, 0.717) is 28.6 Å². The van der Waals surface area contributed by atoms with Gasteiger partial charge in [-0.15, -0.1) is 11.3 Å². The highest BCUT2D eigenvalue weighted by Gasteiger charge is 2.21. The summed E-state index contributed by atoms with van der Waals surface area (Å²) in [6, 6.07) is 9.37. The van der Waals surface area contributed by atoms with Crippen LogP contribution >= 0.6 is 11.3 Å². The van der Waals surface area contributed by atoms with Gasteiger partial charge < -0.3 is 18.8 Å². The SMILES string of the molecule is COc1ccc(-c2nc(C)c(C(=O)N(C)Cc3ccc(C)o3)s2)cc1OC. The second-order valence-electron chi connectivity index (χ2n) is 6.18. The zero-order valence-electron chi connectivity index (χ0n) is 16.0. The lowest BCUT2D eigenvalue weighted by molar-refractivity contribution is 0.0779. The Bertz CT molecular complexity index is 961. The average molecular weight is 386 g/mol. The second-order valence-corrected chi connectivity index (χ2v) is 7.18. The molecule has 0 fully saturated rings. The summed E-state index contributed by atoms with van der Waals surface area (Å²) in [5.41, 5.74) is 1.58. The quantitative estimate of drug-likeness (QED) is 0.632. The Balaban J connectivity index is 1.84. The monoisotopic (exact) mass is 386 g/mol. The van der Waals surface area contributed by atoms with Crippen LogP contribution < -0.4 is 9.47 Å². The van der Waals surface area contributed by atoms with Crippen LogP contribution in [0.4, 0.5) is 0 Å². The van der Waals surface area contributed by atoms with Gasteiger partial charge in [-0.25, -0.2) is 4.98 Å². The summed E-state index contributed by atoms with van der Waals surface area (Å²) < 4.78 is 16.2. The van der Waals surface area contributed by atoms with Crippen molar-refractivity contribution in [2.24, 2.45) is 0 Å². The van der Waals surface area contributed by atoms with Crippen LogP contribution in [-0.4, -0.2) is 37.1 Å². The number of hydrogen-bond donors (Lipinski definition) is 0. The number of aryl methyl sites for hydroxylation is 2. The lowest BCUT2D eigenvalue weighted by Gasteiger charge is -2.14. The number of rotatable bonds is 6. The van der Waals surface area contributed by atoms with E-state index in [1.807, 2.05) is 44.2 Å². The Labute approximate surface area is 162 Å². The summed E-state index contributed by atoms with van der Waals surface area (Å²) in [5, 5.41) is 0.763. The van der Waals surface area contributed by atoms with Crippen molar-refractivity contribution in [1.82, 2.24) is 9.88 Å². The largest absolute Gasteiger partial charge is 0.493 e. The fraction of sp³-hybridized carbons (Fsp3) is 0.300. The summed E-state index contributed by atoms with van der Waals surface area (Å²) in [6.07, 6.45) is 0. The van der Waals surface area contributed by atoms with Crippen molar-refractivity contribution in [2.45, 2.75) is 20.4 Å². The summed E-state index contributed by atoms with van der Waals surface area (Å²) >= 11 is 1.37. The van der Waals surface area contributed by atoms with Gasteiger partial charge in [0.2, 0.25) is 0 Å². The molecule has 142 valence electrons. The summed E-state index contributed by atoms with van der Waals surface area (Å²) in [5.74, 6) is 2.78. The molecule has 0 spiro atoms. The smallest absolute Gasteiger partial charge is 0.266 e. The molecule has 7 heteroatoms.